The van der Waals surface area contributed by atoms with Crippen LogP contribution >= 0.6 is 0 Å². The maximum Gasteiger partial charge on any atom is 0.193 e. The van der Waals surface area contributed by atoms with Gasteiger partial charge in [0.15, 0.2) is 5.96 Å². The normalized spacial score (nSPS) is 13.2. The Bertz CT molecular complexity index is 597. The molecule has 1 aromatic carbocycles. The van der Waals surface area contributed by atoms with Crippen LogP contribution in [0.2, 0.25) is 0 Å². The first-order valence-electron chi connectivity index (χ1n) is 7.24. The minimum atomic E-state index is 0.400. The number of nitrogens with two attached hydrogens (primary N) is 1. The number of aromatic nitrogens is 2. The molecular formula is C16H23N5. The van der Waals surface area contributed by atoms with E-state index in [1.807, 2.05) is 31.4 Å². The molecule has 0 bridgehead atoms. The Morgan fingerprint density at radius 2 is 2.05 bits per heavy atom. The van der Waals surface area contributed by atoms with Gasteiger partial charge >= 0.3 is 0 Å². The maximum atomic E-state index is 5.89. The van der Waals surface area contributed by atoms with Crippen molar-refractivity contribution in [2.45, 2.75) is 32.7 Å². The summed E-state index contributed by atoms with van der Waals surface area (Å²) in [7, 11) is 1.88. The predicted molar refractivity (Wildman–Crippen MR) is 87.3 cm³/mol. The minimum Gasteiger partial charge on any atom is -0.370 e. The molecule has 0 aliphatic heterocycles. The molecule has 112 valence electrons. The largest absolute Gasteiger partial charge is 0.370 e. The SMILES string of the molecule is CCC(C)c1ccc(NC(N)=NCc2ccn(C)n2)cc1. The predicted octanol–water partition coefficient (Wildman–Crippen LogP) is 2.86. The molecule has 5 heteroatoms. The van der Waals surface area contributed by atoms with E-state index in [1.165, 1.54) is 5.56 Å². The van der Waals surface area contributed by atoms with Crippen molar-refractivity contribution < 1.29 is 0 Å². The minimum absolute atomic E-state index is 0.400. The van der Waals surface area contributed by atoms with Gasteiger partial charge in [0.25, 0.3) is 0 Å². The first kappa shape index (κ1) is 15.1. The third-order valence-corrected chi connectivity index (χ3v) is 3.54. The summed E-state index contributed by atoms with van der Waals surface area (Å²) in [6.07, 6.45) is 3.03. The average Bonchev–Trinajstić information content (AvgIpc) is 2.91. The van der Waals surface area contributed by atoms with Crippen LogP contribution in [0, 0.1) is 0 Å². The number of guanidine groups is 1. The molecule has 1 aromatic heterocycles. The summed E-state index contributed by atoms with van der Waals surface area (Å²) in [5.74, 6) is 0.978. The first-order valence-corrected chi connectivity index (χ1v) is 7.24. The summed E-state index contributed by atoms with van der Waals surface area (Å²) in [6.45, 7) is 4.90. The highest BCUT2D eigenvalue weighted by Gasteiger charge is 2.03. The van der Waals surface area contributed by atoms with Crippen LogP contribution in [-0.4, -0.2) is 15.7 Å². The molecule has 2 aromatic rings. The molecule has 0 aliphatic rings. The zero-order chi connectivity index (χ0) is 15.2. The van der Waals surface area contributed by atoms with E-state index in [0.717, 1.165) is 17.8 Å². The van der Waals surface area contributed by atoms with Gasteiger partial charge in [0, 0.05) is 18.9 Å². The number of aliphatic imine (C=N–C) groups is 1. The van der Waals surface area contributed by atoms with Gasteiger partial charge in [0.2, 0.25) is 0 Å². The van der Waals surface area contributed by atoms with Crippen LogP contribution in [0.3, 0.4) is 0 Å². The van der Waals surface area contributed by atoms with Crippen molar-refractivity contribution in [1.29, 1.82) is 0 Å². The Balaban J connectivity index is 1.94. The topological polar surface area (TPSA) is 68.2 Å². The van der Waals surface area contributed by atoms with Crippen molar-refractivity contribution in [2.24, 2.45) is 17.8 Å². The van der Waals surface area contributed by atoms with Gasteiger partial charge in [-0.25, -0.2) is 4.99 Å². The number of rotatable bonds is 5. The molecule has 2 rings (SSSR count). The van der Waals surface area contributed by atoms with Crippen LogP contribution in [0.5, 0.6) is 0 Å². The fourth-order valence-corrected chi connectivity index (χ4v) is 2.03. The second kappa shape index (κ2) is 6.92. The van der Waals surface area contributed by atoms with Crippen molar-refractivity contribution in [1.82, 2.24) is 9.78 Å². The Morgan fingerprint density at radius 1 is 1.33 bits per heavy atom. The van der Waals surface area contributed by atoms with Gasteiger partial charge < -0.3 is 11.1 Å². The Hall–Kier alpha value is -2.30. The fraction of sp³-hybridized carbons (Fsp3) is 0.375. The van der Waals surface area contributed by atoms with Crippen LogP contribution < -0.4 is 11.1 Å². The van der Waals surface area contributed by atoms with Gasteiger partial charge in [0.1, 0.15) is 0 Å². The first-order chi connectivity index (χ1) is 10.1. The summed E-state index contributed by atoms with van der Waals surface area (Å²) in [4.78, 5) is 4.28. The lowest BCUT2D eigenvalue weighted by atomic mass is 9.99. The Kier molecular flexibility index (Phi) is 4.98. The second-order valence-electron chi connectivity index (χ2n) is 5.24. The molecule has 0 fully saturated rings. The summed E-state index contributed by atoms with van der Waals surface area (Å²) in [6, 6.07) is 10.2. The zero-order valence-electron chi connectivity index (χ0n) is 12.9. The lowest BCUT2D eigenvalue weighted by Gasteiger charge is -2.10. The van der Waals surface area contributed by atoms with Crippen molar-refractivity contribution >= 4 is 11.6 Å². The Labute approximate surface area is 125 Å². The van der Waals surface area contributed by atoms with E-state index in [2.05, 4.69) is 41.4 Å². The van der Waals surface area contributed by atoms with Gasteiger partial charge in [-0.3, -0.25) is 4.68 Å². The van der Waals surface area contributed by atoms with E-state index in [1.54, 1.807) is 4.68 Å². The molecule has 0 saturated heterocycles. The molecule has 1 unspecified atom stereocenters. The summed E-state index contributed by atoms with van der Waals surface area (Å²) in [5.41, 5.74) is 9.07. The molecule has 0 radical (unpaired) electrons. The van der Waals surface area contributed by atoms with Gasteiger partial charge in [-0.05, 0) is 36.1 Å². The number of aryl methyl sites for hydroxylation is 1. The summed E-state index contributed by atoms with van der Waals surface area (Å²) >= 11 is 0. The number of hydrogen-bond donors (Lipinski definition) is 2. The highest BCUT2D eigenvalue weighted by Crippen LogP contribution is 2.20. The van der Waals surface area contributed by atoms with Crippen molar-refractivity contribution in [3.05, 3.63) is 47.8 Å². The van der Waals surface area contributed by atoms with Crippen LogP contribution in [0.25, 0.3) is 0 Å². The van der Waals surface area contributed by atoms with E-state index in [-0.39, 0.29) is 0 Å². The van der Waals surface area contributed by atoms with Crippen LogP contribution in [0.4, 0.5) is 5.69 Å². The van der Waals surface area contributed by atoms with Crippen molar-refractivity contribution in [3.8, 4) is 0 Å². The summed E-state index contributed by atoms with van der Waals surface area (Å²) < 4.78 is 1.75. The molecule has 3 N–H and O–H groups in total. The number of benzene rings is 1. The zero-order valence-corrected chi connectivity index (χ0v) is 12.9. The van der Waals surface area contributed by atoms with Crippen molar-refractivity contribution in [2.75, 3.05) is 5.32 Å². The molecule has 1 atom stereocenters. The van der Waals surface area contributed by atoms with Gasteiger partial charge in [0.05, 0.1) is 12.2 Å². The van der Waals surface area contributed by atoms with Crippen LogP contribution in [0.1, 0.15) is 37.4 Å². The number of anilines is 1. The van der Waals surface area contributed by atoms with E-state index in [4.69, 9.17) is 5.73 Å². The van der Waals surface area contributed by atoms with Crippen LogP contribution in [0.15, 0.2) is 41.5 Å². The molecule has 0 amide bonds. The lowest BCUT2D eigenvalue weighted by molar-refractivity contribution is 0.734. The Morgan fingerprint density at radius 3 is 2.62 bits per heavy atom. The molecule has 5 nitrogen and oxygen atoms in total. The average molecular weight is 285 g/mol. The van der Waals surface area contributed by atoms with Gasteiger partial charge in [-0.1, -0.05) is 26.0 Å². The number of hydrogen-bond acceptors (Lipinski definition) is 2. The molecule has 0 spiro atoms. The third kappa shape index (κ3) is 4.34. The molecule has 21 heavy (non-hydrogen) atoms. The molecule has 0 saturated carbocycles. The fourth-order valence-electron chi connectivity index (χ4n) is 2.03. The standard InChI is InChI=1S/C16H23N5/c1-4-12(2)13-5-7-14(8-6-13)19-16(17)18-11-15-9-10-21(3)20-15/h5-10,12H,4,11H2,1-3H3,(H3,17,18,19). The third-order valence-electron chi connectivity index (χ3n) is 3.54. The van der Waals surface area contributed by atoms with E-state index in [0.29, 0.717) is 18.4 Å². The smallest absolute Gasteiger partial charge is 0.193 e. The highest BCUT2D eigenvalue weighted by atomic mass is 15.3. The van der Waals surface area contributed by atoms with Gasteiger partial charge in [-0.2, -0.15) is 5.10 Å². The lowest BCUT2D eigenvalue weighted by Crippen LogP contribution is -2.22. The molecule has 0 aliphatic carbocycles. The van der Waals surface area contributed by atoms with Gasteiger partial charge in [-0.15, -0.1) is 0 Å². The van der Waals surface area contributed by atoms with Crippen molar-refractivity contribution in [3.63, 3.8) is 0 Å². The molecular weight excluding hydrogens is 262 g/mol. The van der Waals surface area contributed by atoms with E-state index in [9.17, 15) is 0 Å². The monoisotopic (exact) mass is 285 g/mol. The second-order valence-corrected chi connectivity index (χ2v) is 5.24. The summed E-state index contributed by atoms with van der Waals surface area (Å²) in [5, 5.41) is 7.35. The molecule has 1 heterocycles. The van der Waals surface area contributed by atoms with E-state index >= 15 is 0 Å². The number of nitrogens with zero attached hydrogens (tertiary/aromatic N) is 3. The van der Waals surface area contributed by atoms with E-state index < -0.39 is 0 Å². The van der Waals surface area contributed by atoms with Crippen LogP contribution in [-0.2, 0) is 13.6 Å². The maximum absolute atomic E-state index is 5.89. The highest BCUT2D eigenvalue weighted by molar-refractivity contribution is 5.92. The number of nitrogens with one attached hydrogen (secondary N) is 1. The quantitative estimate of drug-likeness (QED) is 0.655.